The molecule has 1 aliphatic carbocycles. The Morgan fingerprint density at radius 3 is 1.56 bits per heavy atom. The molecular formula is C36H24. The largest absolute Gasteiger partial charge is 0.0911 e. The number of benzene rings is 6. The highest BCUT2D eigenvalue weighted by atomic mass is 14.2. The summed E-state index contributed by atoms with van der Waals surface area (Å²) in [6.07, 6.45) is 8.62. The highest BCUT2D eigenvalue weighted by Crippen LogP contribution is 2.46. The van der Waals surface area contributed by atoms with Gasteiger partial charge in [0.05, 0.1) is 0 Å². The number of rotatable bonds is 2. The average Bonchev–Trinajstić information content (AvgIpc) is 3.12. The summed E-state index contributed by atoms with van der Waals surface area (Å²) in [6.45, 7) is 4.53. The minimum Gasteiger partial charge on any atom is -0.0911 e. The maximum Gasteiger partial charge on any atom is -0.00203 e. The van der Waals surface area contributed by atoms with Crippen molar-refractivity contribution in [1.82, 2.24) is 0 Å². The van der Waals surface area contributed by atoms with Crippen LogP contribution in [0.25, 0.3) is 66.2 Å². The van der Waals surface area contributed by atoms with Crippen LogP contribution in [0.1, 0.15) is 11.1 Å². The van der Waals surface area contributed by atoms with Gasteiger partial charge in [0, 0.05) is 0 Å². The molecule has 7 rings (SSSR count). The van der Waals surface area contributed by atoms with E-state index in [9.17, 15) is 0 Å². The molecule has 0 heteroatoms. The van der Waals surface area contributed by atoms with E-state index in [2.05, 4.69) is 140 Å². The summed E-state index contributed by atoms with van der Waals surface area (Å²) in [6, 6.07) is 39.6. The third-order valence-electron chi connectivity index (χ3n) is 7.32. The van der Waals surface area contributed by atoms with Gasteiger partial charge in [-0.3, -0.25) is 0 Å². The summed E-state index contributed by atoms with van der Waals surface area (Å²) in [5, 5.41) is 7.51. The van der Waals surface area contributed by atoms with Crippen LogP contribution in [0.3, 0.4) is 0 Å². The van der Waals surface area contributed by atoms with Crippen molar-refractivity contribution >= 4 is 44.0 Å². The summed E-state index contributed by atoms with van der Waals surface area (Å²) < 4.78 is 0. The van der Waals surface area contributed by atoms with Crippen molar-refractivity contribution in [3.05, 3.63) is 145 Å². The lowest BCUT2D eigenvalue weighted by molar-refractivity contribution is 1.58. The van der Waals surface area contributed by atoms with Crippen molar-refractivity contribution in [1.29, 1.82) is 0 Å². The molecule has 0 heterocycles. The van der Waals surface area contributed by atoms with Gasteiger partial charge in [-0.2, -0.15) is 0 Å². The fraction of sp³-hybridized carbons (Fsp3) is 0. The first-order chi connectivity index (χ1) is 17.8. The number of fused-ring (bicyclic) bond motifs is 4. The van der Waals surface area contributed by atoms with Crippen LogP contribution in [0.15, 0.2) is 134 Å². The molecule has 168 valence electrons. The van der Waals surface area contributed by atoms with Crippen LogP contribution in [0.5, 0.6) is 0 Å². The molecule has 0 unspecified atom stereocenters. The van der Waals surface area contributed by atoms with Crippen LogP contribution >= 0.6 is 0 Å². The van der Waals surface area contributed by atoms with E-state index in [-0.39, 0.29) is 0 Å². The Morgan fingerprint density at radius 1 is 0.417 bits per heavy atom. The lowest BCUT2D eigenvalue weighted by Gasteiger charge is -2.22. The van der Waals surface area contributed by atoms with Gasteiger partial charge in [0.15, 0.2) is 0 Å². The van der Waals surface area contributed by atoms with Gasteiger partial charge >= 0.3 is 0 Å². The van der Waals surface area contributed by atoms with E-state index >= 15 is 0 Å². The molecule has 0 amide bonds. The second kappa shape index (κ2) is 8.22. The quantitative estimate of drug-likeness (QED) is 0.243. The summed E-state index contributed by atoms with van der Waals surface area (Å²) in [4.78, 5) is 0. The zero-order chi connectivity index (χ0) is 24.1. The molecule has 0 aromatic heterocycles. The molecule has 0 nitrogen and oxygen atoms in total. The van der Waals surface area contributed by atoms with E-state index in [4.69, 9.17) is 0 Å². The van der Waals surface area contributed by atoms with Crippen molar-refractivity contribution in [2.24, 2.45) is 0 Å². The fourth-order valence-corrected chi connectivity index (χ4v) is 5.67. The Hall–Kier alpha value is -4.68. The first kappa shape index (κ1) is 20.7. The predicted molar refractivity (Wildman–Crippen MR) is 157 cm³/mol. The van der Waals surface area contributed by atoms with Gasteiger partial charge in [0.1, 0.15) is 0 Å². The third kappa shape index (κ3) is 3.23. The van der Waals surface area contributed by atoms with Gasteiger partial charge in [-0.05, 0) is 83.4 Å². The molecule has 0 radical (unpaired) electrons. The molecule has 6 aromatic rings. The third-order valence-corrected chi connectivity index (χ3v) is 7.32. The molecule has 0 bridgehead atoms. The monoisotopic (exact) mass is 456 g/mol. The molecule has 36 heavy (non-hydrogen) atoms. The zero-order valence-electron chi connectivity index (χ0n) is 19.9. The fourth-order valence-electron chi connectivity index (χ4n) is 5.67. The van der Waals surface area contributed by atoms with Gasteiger partial charge in [-0.25, -0.2) is 0 Å². The van der Waals surface area contributed by atoms with E-state index in [1.165, 1.54) is 65.7 Å². The topological polar surface area (TPSA) is 0 Å². The maximum atomic E-state index is 4.53. The predicted octanol–water partition coefficient (Wildman–Crippen LogP) is 10.1. The summed E-state index contributed by atoms with van der Waals surface area (Å²) >= 11 is 0. The van der Waals surface area contributed by atoms with Gasteiger partial charge in [-0.15, -0.1) is 0 Å². The van der Waals surface area contributed by atoms with Crippen molar-refractivity contribution in [2.45, 2.75) is 0 Å². The van der Waals surface area contributed by atoms with Crippen LogP contribution in [-0.2, 0) is 0 Å². The Kier molecular flexibility index (Phi) is 4.72. The van der Waals surface area contributed by atoms with Gasteiger partial charge in [-0.1, -0.05) is 128 Å². The standard InChI is InChI=1S/C36H24/c1-24-10-2-7-17-33-34(24)36(30-21-19-26-12-4-6-14-28(26)23-30)32-16-9-8-15-31(32)35(33)29-20-18-25-11-3-5-13-27(25)22-29/h2-23H,1H2. The van der Waals surface area contributed by atoms with Crippen molar-refractivity contribution in [2.75, 3.05) is 0 Å². The molecule has 0 aliphatic heterocycles. The second-order valence-corrected chi connectivity index (χ2v) is 9.45. The first-order valence-electron chi connectivity index (χ1n) is 12.4. The molecule has 0 saturated heterocycles. The van der Waals surface area contributed by atoms with Crippen molar-refractivity contribution in [3.63, 3.8) is 0 Å². The normalized spacial score (nSPS) is 12.8. The summed E-state index contributed by atoms with van der Waals surface area (Å²) in [5.41, 5.74) is 8.42. The van der Waals surface area contributed by atoms with Crippen LogP contribution in [0.4, 0.5) is 0 Å². The Labute approximate surface area is 211 Å². The minimum atomic E-state index is 1.03. The summed E-state index contributed by atoms with van der Waals surface area (Å²) in [7, 11) is 0. The van der Waals surface area contributed by atoms with Gasteiger partial charge in [0.25, 0.3) is 0 Å². The maximum absolute atomic E-state index is 4.53. The smallest absolute Gasteiger partial charge is 0.00203 e. The zero-order valence-corrected chi connectivity index (χ0v) is 19.9. The average molecular weight is 457 g/mol. The Bertz CT molecular complexity index is 1900. The van der Waals surface area contributed by atoms with Crippen molar-refractivity contribution < 1.29 is 0 Å². The van der Waals surface area contributed by atoms with Crippen molar-refractivity contribution in [3.8, 4) is 22.3 Å². The van der Waals surface area contributed by atoms with Gasteiger partial charge in [0.2, 0.25) is 0 Å². The lowest BCUT2D eigenvalue weighted by atomic mass is 9.81. The molecule has 0 spiro atoms. The van der Waals surface area contributed by atoms with Crippen LogP contribution in [0, 0.1) is 0 Å². The first-order valence-corrected chi connectivity index (χ1v) is 12.4. The highest BCUT2D eigenvalue weighted by molar-refractivity contribution is 6.14. The van der Waals surface area contributed by atoms with E-state index in [1.807, 2.05) is 0 Å². The molecular weight excluding hydrogens is 432 g/mol. The van der Waals surface area contributed by atoms with Gasteiger partial charge < -0.3 is 0 Å². The Balaban J connectivity index is 1.63. The van der Waals surface area contributed by atoms with E-state index in [1.54, 1.807) is 0 Å². The highest BCUT2D eigenvalue weighted by Gasteiger charge is 2.22. The Morgan fingerprint density at radius 2 is 0.917 bits per heavy atom. The molecule has 0 saturated carbocycles. The molecule has 6 aromatic carbocycles. The van der Waals surface area contributed by atoms with Crippen LogP contribution in [-0.4, -0.2) is 0 Å². The van der Waals surface area contributed by atoms with E-state index < -0.39 is 0 Å². The van der Waals surface area contributed by atoms with E-state index in [0.717, 1.165) is 5.57 Å². The molecule has 0 atom stereocenters. The lowest BCUT2D eigenvalue weighted by Crippen LogP contribution is -1.98. The molecule has 0 fully saturated rings. The SMILES string of the molecule is C=C1C=CC=Cc2c1c(-c1ccc3ccccc3c1)c1ccccc1c2-c1ccc2ccccc2c1. The minimum absolute atomic E-state index is 1.03. The van der Waals surface area contributed by atoms with E-state index in [0.29, 0.717) is 0 Å². The molecule has 1 aliphatic rings. The number of hydrogen-bond acceptors (Lipinski definition) is 0. The second-order valence-electron chi connectivity index (χ2n) is 9.45. The number of allylic oxidation sites excluding steroid dienone is 4. The molecule has 0 N–H and O–H groups in total. The summed E-state index contributed by atoms with van der Waals surface area (Å²) in [5.74, 6) is 0. The number of hydrogen-bond donors (Lipinski definition) is 0. The van der Waals surface area contributed by atoms with Crippen LogP contribution < -0.4 is 0 Å². The van der Waals surface area contributed by atoms with Crippen LogP contribution in [0.2, 0.25) is 0 Å².